The second kappa shape index (κ2) is 5.17. The molecular weight excluding hydrogens is 204 g/mol. The summed E-state index contributed by atoms with van der Waals surface area (Å²) in [6.07, 6.45) is 8.32. The zero-order valence-corrected chi connectivity index (χ0v) is 9.91. The van der Waals surface area contributed by atoms with Crippen LogP contribution in [0, 0.1) is 11.3 Å². The van der Waals surface area contributed by atoms with Gasteiger partial charge in [-0.25, -0.2) is 0 Å². The fourth-order valence-corrected chi connectivity index (χ4v) is 3.33. The number of carboxylic acid groups (broad SMARTS) is 1. The Bertz CT molecular complexity index is 236. The molecule has 0 aromatic rings. The first-order valence-corrected chi connectivity index (χ1v) is 6.57. The van der Waals surface area contributed by atoms with E-state index in [4.69, 9.17) is 4.74 Å². The summed E-state index contributed by atoms with van der Waals surface area (Å²) in [6.45, 7) is 1.47. The van der Waals surface area contributed by atoms with Gasteiger partial charge in [-0.2, -0.15) is 0 Å². The number of carboxylic acids is 1. The summed E-state index contributed by atoms with van der Waals surface area (Å²) in [7, 11) is 0. The molecule has 0 radical (unpaired) electrons. The number of aliphatic carboxylic acids is 1. The number of rotatable bonds is 2. The van der Waals surface area contributed by atoms with Gasteiger partial charge < -0.3 is 9.84 Å². The van der Waals surface area contributed by atoms with E-state index in [0.29, 0.717) is 6.61 Å². The highest BCUT2D eigenvalue weighted by molar-refractivity contribution is 5.75. The molecule has 0 amide bonds. The van der Waals surface area contributed by atoms with Gasteiger partial charge in [0, 0.05) is 6.61 Å². The summed E-state index contributed by atoms with van der Waals surface area (Å²) < 4.78 is 5.49. The normalized spacial score (nSPS) is 30.6. The smallest absolute Gasteiger partial charge is 0.310 e. The largest absolute Gasteiger partial charge is 0.481 e. The average Bonchev–Trinajstić information content (AvgIpc) is 2.56. The molecule has 0 spiro atoms. The quantitative estimate of drug-likeness (QED) is 0.736. The molecule has 1 atom stereocenters. The van der Waals surface area contributed by atoms with Crippen LogP contribution in [0.4, 0.5) is 0 Å². The second-order valence-corrected chi connectivity index (χ2v) is 5.29. The van der Waals surface area contributed by atoms with Crippen molar-refractivity contribution in [1.29, 1.82) is 0 Å². The summed E-state index contributed by atoms with van der Waals surface area (Å²) in [4.78, 5) is 11.7. The fraction of sp³-hybridized carbons (Fsp3) is 0.923. The van der Waals surface area contributed by atoms with Gasteiger partial charge >= 0.3 is 5.97 Å². The molecule has 1 saturated heterocycles. The van der Waals surface area contributed by atoms with Gasteiger partial charge in [-0.15, -0.1) is 0 Å². The summed E-state index contributed by atoms with van der Waals surface area (Å²) in [5.41, 5.74) is -0.475. The van der Waals surface area contributed by atoms with E-state index >= 15 is 0 Å². The highest BCUT2D eigenvalue weighted by atomic mass is 16.5. The van der Waals surface area contributed by atoms with E-state index in [1.54, 1.807) is 0 Å². The minimum absolute atomic E-state index is 0.247. The van der Waals surface area contributed by atoms with Gasteiger partial charge in [-0.1, -0.05) is 25.7 Å². The third kappa shape index (κ3) is 2.24. The van der Waals surface area contributed by atoms with Gasteiger partial charge in [0.05, 0.1) is 12.0 Å². The van der Waals surface area contributed by atoms with Crippen LogP contribution < -0.4 is 0 Å². The van der Waals surface area contributed by atoms with Crippen LogP contribution in [-0.4, -0.2) is 24.3 Å². The van der Waals surface area contributed by atoms with Gasteiger partial charge in [0.1, 0.15) is 0 Å². The highest BCUT2D eigenvalue weighted by Gasteiger charge is 2.45. The Kier molecular flexibility index (Phi) is 3.85. The van der Waals surface area contributed by atoms with Crippen molar-refractivity contribution in [3.63, 3.8) is 0 Å². The summed E-state index contributed by atoms with van der Waals surface area (Å²) in [5.74, 6) is -0.332. The molecule has 2 fully saturated rings. The molecule has 92 valence electrons. The molecule has 1 unspecified atom stereocenters. The zero-order valence-electron chi connectivity index (χ0n) is 9.91. The van der Waals surface area contributed by atoms with Gasteiger partial charge in [0.15, 0.2) is 0 Å². The van der Waals surface area contributed by atoms with E-state index in [-0.39, 0.29) is 5.92 Å². The van der Waals surface area contributed by atoms with Gasteiger partial charge in [-0.05, 0) is 31.6 Å². The minimum atomic E-state index is -0.579. The van der Waals surface area contributed by atoms with Crippen LogP contribution in [0.5, 0.6) is 0 Å². The van der Waals surface area contributed by atoms with E-state index in [9.17, 15) is 9.90 Å². The zero-order chi connectivity index (χ0) is 11.4. The molecule has 1 saturated carbocycles. The van der Waals surface area contributed by atoms with Gasteiger partial charge in [-0.3, -0.25) is 4.79 Å². The monoisotopic (exact) mass is 226 g/mol. The van der Waals surface area contributed by atoms with Crippen LogP contribution in [0.15, 0.2) is 0 Å². The predicted octanol–water partition coefficient (Wildman–Crippen LogP) is 2.84. The first kappa shape index (κ1) is 11.9. The first-order chi connectivity index (χ1) is 7.76. The van der Waals surface area contributed by atoms with Crippen molar-refractivity contribution in [2.45, 2.75) is 51.4 Å². The topological polar surface area (TPSA) is 46.5 Å². The van der Waals surface area contributed by atoms with Crippen LogP contribution in [0.1, 0.15) is 51.4 Å². The molecular formula is C13H22O3. The Labute approximate surface area is 97.2 Å². The number of carbonyl (C=O) groups is 1. The third-order valence-electron chi connectivity index (χ3n) is 4.36. The van der Waals surface area contributed by atoms with Crippen molar-refractivity contribution in [2.75, 3.05) is 13.2 Å². The molecule has 0 aromatic heterocycles. The molecule has 1 aliphatic heterocycles. The number of hydrogen-bond acceptors (Lipinski definition) is 2. The van der Waals surface area contributed by atoms with Crippen LogP contribution in [0.25, 0.3) is 0 Å². The lowest BCUT2D eigenvalue weighted by Gasteiger charge is -2.38. The molecule has 1 N–H and O–H groups in total. The van der Waals surface area contributed by atoms with Crippen LogP contribution in [0.3, 0.4) is 0 Å². The van der Waals surface area contributed by atoms with Crippen molar-refractivity contribution in [2.24, 2.45) is 11.3 Å². The fourth-order valence-electron chi connectivity index (χ4n) is 3.33. The van der Waals surface area contributed by atoms with E-state index in [1.807, 2.05) is 0 Å². The lowest BCUT2D eigenvalue weighted by molar-refractivity contribution is -0.158. The Balaban J connectivity index is 2.14. The lowest BCUT2D eigenvalue weighted by Crippen LogP contribution is -2.42. The highest BCUT2D eigenvalue weighted by Crippen LogP contribution is 2.44. The van der Waals surface area contributed by atoms with Crippen molar-refractivity contribution in [3.05, 3.63) is 0 Å². The van der Waals surface area contributed by atoms with Crippen LogP contribution in [-0.2, 0) is 9.53 Å². The van der Waals surface area contributed by atoms with Crippen molar-refractivity contribution in [1.82, 2.24) is 0 Å². The maximum atomic E-state index is 11.7. The Morgan fingerprint density at radius 1 is 1.12 bits per heavy atom. The Hall–Kier alpha value is -0.570. The molecule has 0 bridgehead atoms. The van der Waals surface area contributed by atoms with Crippen molar-refractivity contribution >= 4 is 5.97 Å². The van der Waals surface area contributed by atoms with E-state index in [1.165, 1.54) is 12.8 Å². The second-order valence-electron chi connectivity index (χ2n) is 5.29. The molecule has 3 heteroatoms. The van der Waals surface area contributed by atoms with Crippen molar-refractivity contribution in [3.8, 4) is 0 Å². The Morgan fingerprint density at radius 3 is 2.31 bits per heavy atom. The Morgan fingerprint density at radius 2 is 1.81 bits per heavy atom. The van der Waals surface area contributed by atoms with Crippen molar-refractivity contribution < 1.29 is 14.6 Å². The van der Waals surface area contributed by atoms with Crippen LogP contribution in [0.2, 0.25) is 0 Å². The number of hydrogen-bond donors (Lipinski definition) is 1. The molecule has 3 nitrogen and oxygen atoms in total. The standard InChI is InChI=1S/C13H22O3/c14-12(15)13(7-3-1-2-4-8-13)11-6-5-9-16-10-11/h11H,1-10H2,(H,14,15). The molecule has 2 rings (SSSR count). The molecule has 0 aromatic carbocycles. The minimum Gasteiger partial charge on any atom is -0.481 e. The van der Waals surface area contributed by atoms with E-state index < -0.39 is 11.4 Å². The lowest BCUT2D eigenvalue weighted by atomic mass is 9.68. The summed E-state index contributed by atoms with van der Waals surface area (Å²) in [6, 6.07) is 0. The number of ether oxygens (including phenoxy) is 1. The van der Waals surface area contributed by atoms with E-state index in [0.717, 1.165) is 45.1 Å². The first-order valence-electron chi connectivity index (χ1n) is 6.57. The van der Waals surface area contributed by atoms with Gasteiger partial charge in [0.25, 0.3) is 0 Å². The third-order valence-corrected chi connectivity index (χ3v) is 4.36. The maximum absolute atomic E-state index is 11.7. The average molecular weight is 226 g/mol. The summed E-state index contributed by atoms with van der Waals surface area (Å²) in [5, 5.41) is 9.61. The molecule has 2 aliphatic rings. The molecule has 1 aliphatic carbocycles. The molecule has 16 heavy (non-hydrogen) atoms. The predicted molar refractivity (Wildman–Crippen MR) is 61.3 cm³/mol. The summed E-state index contributed by atoms with van der Waals surface area (Å²) >= 11 is 0. The van der Waals surface area contributed by atoms with Gasteiger partial charge in [0.2, 0.25) is 0 Å². The van der Waals surface area contributed by atoms with E-state index in [2.05, 4.69) is 0 Å². The molecule has 1 heterocycles. The maximum Gasteiger partial charge on any atom is 0.310 e. The van der Waals surface area contributed by atoms with Crippen LogP contribution >= 0.6 is 0 Å². The SMILES string of the molecule is O=C(O)C1(C2CCCOC2)CCCCCC1.